The molecule has 0 aliphatic carbocycles. The maximum atomic E-state index is 13.1. The second-order valence-corrected chi connectivity index (χ2v) is 11.5. The molecular formula is C31H30F3N7O4S. The van der Waals surface area contributed by atoms with Gasteiger partial charge in [-0.25, -0.2) is 14.5 Å². The average Bonchev–Trinajstić information content (AvgIpc) is 3.63. The van der Waals surface area contributed by atoms with Gasteiger partial charge >= 0.3 is 12.4 Å². The van der Waals surface area contributed by atoms with Gasteiger partial charge in [0.15, 0.2) is 11.0 Å². The fourth-order valence-corrected chi connectivity index (χ4v) is 5.52. The van der Waals surface area contributed by atoms with Gasteiger partial charge in [0.1, 0.15) is 17.8 Å². The highest BCUT2D eigenvalue weighted by Crippen LogP contribution is 2.36. The molecule has 4 aromatic rings. The predicted octanol–water partition coefficient (Wildman–Crippen LogP) is 6.70. The van der Waals surface area contributed by atoms with Crippen LogP contribution in [0.15, 0.2) is 72.0 Å². The van der Waals surface area contributed by atoms with Crippen LogP contribution in [-0.4, -0.2) is 65.2 Å². The summed E-state index contributed by atoms with van der Waals surface area (Å²) in [5, 5.41) is 7.40. The Bertz CT molecular complexity index is 1790. The van der Waals surface area contributed by atoms with Crippen molar-refractivity contribution in [3.63, 3.8) is 0 Å². The van der Waals surface area contributed by atoms with Crippen LogP contribution in [0.2, 0.25) is 0 Å². The van der Waals surface area contributed by atoms with Gasteiger partial charge < -0.3 is 19.7 Å². The summed E-state index contributed by atoms with van der Waals surface area (Å²) in [6, 6.07) is 15.3. The number of methoxy groups -OCH3 is 1. The van der Waals surface area contributed by atoms with Gasteiger partial charge in [-0.1, -0.05) is 31.7 Å². The number of amides is 3. The molecule has 15 heteroatoms. The summed E-state index contributed by atoms with van der Waals surface area (Å²) >= 11 is 1.19. The van der Waals surface area contributed by atoms with Crippen LogP contribution >= 0.6 is 11.8 Å². The number of aliphatic imine (C=N–C) groups is 1. The lowest BCUT2D eigenvalue weighted by Crippen LogP contribution is -2.31. The van der Waals surface area contributed by atoms with Crippen molar-refractivity contribution in [1.82, 2.24) is 14.8 Å². The number of nitrogens with zero attached hydrogens (tertiary/aromatic N) is 6. The van der Waals surface area contributed by atoms with E-state index in [0.29, 0.717) is 34.2 Å². The van der Waals surface area contributed by atoms with Gasteiger partial charge in [0.25, 0.3) is 0 Å². The maximum absolute atomic E-state index is 13.1. The third-order valence-corrected chi connectivity index (χ3v) is 7.81. The molecule has 1 aromatic heterocycles. The zero-order valence-electron chi connectivity index (χ0n) is 25.5. The summed E-state index contributed by atoms with van der Waals surface area (Å²) in [5.41, 5.74) is 3.90. The Hall–Kier alpha value is -5.05. The molecule has 3 amide bonds. The average molecular weight is 654 g/mol. The first-order valence-electron chi connectivity index (χ1n) is 14.0. The number of benzene rings is 3. The van der Waals surface area contributed by atoms with E-state index in [1.165, 1.54) is 59.0 Å². The van der Waals surface area contributed by atoms with E-state index < -0.39 is 12.4 Å². The normalized spacial score (nSPS) is 14.2. The van der Waals surface area contributed by atoms with Crippen LogP contribution in [0.4, 0.5) is 35.0 Å². The molecule has 0 unspecified atom stereocenters. The molecule has 2 heterocycles. The number of thioether (sulfide) groups is 1. The van der Waals surface area contributed by atoms with Crippen molar-refractivity contribution >= 4 is 45.9 Å². The molecule has 46 heavy (non-hydrogen) atoms. The lowest BCUT2D eigenvalue weighted by atomic mass is 9.99. The number of amidine groups is 1. The molecule has 5 rings (SSSR count). The van der Waals surface area contributed by atoms with E-state index >= 15 is 0 Å². The van der Waals surface area contributed by atoms with Gasteiger partial charge in [0, 0.05) is 25.3 Å². The molecule has 0 atom stereocenters. The third-order valence-electron chi connectivity index (χ3n) is 6.88. The molecule has 1 aliphatic rings. The van der Waals surface area contributed by atoms with E-state index in [9.17, 15) is 22.8 Å². The van der Waals surface area contributed by atoms with Gasteiger partial charge in [-0.2, -0.15) is 4.99 Å². The topological polar surface area (TPSA) is 114 Å². The van der Waals surface area contributed by atoms with Crippen molar-refractivity contribution in [3.05, 3.63) is 72.6 Å². The molecule has 11 nitrogen and oxygen atoms in total. The standard InChI is InChI=1S/C31H30F3N7O4S/c1-18(2)23-12-9-21(39(3)4)15-25(23)41-27(42)16-46-30(41)37-29(43)36-24-13-6-19(14-26(24)44-5)28-35-17-40(38-28)20-7-10-22(11-8-20)45-31(32,33)34/h6-15,17-18H,16H2,1-5H3,(H,36,43). The summed E-state index contributed by atoms with van der Waals surface area (Å²) < 4.78 is 48.2. The second-order valence-electron chi connectivity index (χ2n) is 10.6. The van der Waals surface area contributed by atoms with Gasteiger partial charge in [0.05, 0.1) is 29.9 Å². The van der Waals surface area contributed by atoms with Gasteiger partial charge in [-0.15, -0.1) is 18.3 Å². The summed E-state index contributed by atoms with van der Waals surface area (Å²) in [4.78, 5) is 38.1. The molecule has 240 valence electrons. The number of hydrogen-bond acceptors (Lipinski definition) is 8. The Balaban J connectivity index is 1.35. The van der Waals surface area contributed by atoms with Crippen LogP contribution in [0.25, 0.3) is 17.1 Å². The molecule has 0 spiro atoms. The fraction of sp³-hybridized carbons (Fsp3) is 0.258. The number of aromatic nitrogens is 3. The Morgan fingerprint density at radius 1 is 1.09 bits per heavy atom. The van der Waals surface area contributed by atoms with E-state index in [4.69, 9.17) is 4.74 Å². The molecule has 0 saturated carbocycles. The number of halogens is 3. The quantitative estimate of drug-likeness (QED) is 0.224. The van der Waals surface area contributed by atoms with Crippen molar-refractivity contribution in [3.8, 4) is 28.6 Å². The summed E-state index contributed by atoms with van der Waals surface area (Å²) in [6.07, 6.45) is -3.37. The zero-order chi connectivity index (χ0) is 33.2. The third kappa shape index (κ3) is 7.25. The molecule has 0 bridgehead atoms. The largest absolute Gasteiger partial charge is 0.573 e. The van der Waals surface area contributed by atoms with Crippen LogP contribution in [-0.2, 0) is 4.79 Å². The maximum Gasteiger partial charge on any atom is 0.573 e. The molecule has 3 aromatic carbocycles. The number of carbonyl (C=O) groups excluding carboxylic acids is 2. The number of nitrogens with one attached hydrogen (secondary N) is 1. The van der Waals surface area contributed by atoms with Crippen molar-refractivity contribution in [2.45, 2.75) is 26.1 Å². The highest BCUT2D eigenvalue weighted by Gasteiger charge is 2.33. The first-order chi connectivity index (χ1) is 21.8. The highest BCUT2D eigenvalue weighted by atomic mass is 32.2. The van der Waals surface area contributed by atoms with Gasteiger partial charge in [-0.3, -0.25) is 9.69 Å². The van der Waals surface area contributed by atoms with E-state index in [1.54, 1.807) is 18.2 Å². The van der Waals surface area contributed by atoms with Crippen LogP contribution < -0.4 is 24.6 Å². The van der Waals surface area contributed by atoms with E-state index in [1.807, 2.05) is 51.0 Å². The van der Waals surface area contributed by atoms with Crippen LogP contribution in [0.5, 0.6) is 11.5 Å². The summed E-state index contributed by atoms with van der Waals surface area (Å²) in [7, 11) is 5.27. The molecule has 1 fully saturated rings. The monoisotopic (exact) mass is 653 g/mol. The van der Waals surface area contributed by atoms with E-state index in [0.717, 1.165) is 11.3 Å². The zero-order valence-corrected chi connectivity index (χ0v) is 26.3. The Labute approximate surface area is 267 Å². The van der Waals surface area contributed by atoms with Gasteiger partial charge in [-0.05, 0) is 66.1 Å². The van der Waals surface area contributed by atoms with Gasteiger partial charge in [0.2, 0.25) is 5.91 Å². The second kappa shape index (κ2) is 13.1. The van der Waals surface area contributed by atoms with Crippen molar-refractivity contribution in [1.29, 1.82) is 0 Å². The van der Waals surface area contributed by atoms with Crippen LogP contribution in [0.3, 0.4) is 0 Å². The van der Waals surface area contributed by atoms with Crippen LogP contribution in [0, 0.1) is 0 Å². The highest BCUT2D eigenvalue weighted by molar-refractivity contribution is 8.15. The number of urea groups is 1. The Morgan fingerprint density at radius 3 is 2.48 bits per heavy atom. The smallest absolute Gasteiger partial charge is 0.495 e. The number of carbonyl (C=O) groups is 2. The lowest BCUT2D eigenvalue weighted by molar-refractivity contribution is -0.274. The van der Waals surface area contributed by atoms with Crippen molar-refractivity contribution < 1.29 is 32.2 Å². The lowest BCUT2D eigenvalue weighted by Gasteiger charge is -2.24. The SMILES string of the molecule is COc1cc(-c2ncn(-c3ccc(OC(F)(F)F)cc3)n2)ccc1NC(=O)N=C1SCC(=O)N1c1cc(N(C)C)ccc1C(C)C. The first kappa shape index (κ1) is 32.3. The minimum atomic E-state index is -4.79. The molecule has 0 radical (unpaired) electrons. The molecule has 1 N–H and O–H groups in total. The van der Waals surface area contributed by atoms with Crippen molar-refractivity contribution in [2.24, 2.45) is 4.99 Å². The predicted molar refractivity (Wildman–Crippen MR) is 171 cm³/mol. The number of alkyl halides is 3. The minimum Gasteiger partial charge on any atom is -0.495 e. The minimum absolute atomic E-state index is 0.127. The molecule has 1 saturated heterocycles. The van der Waals surface area contributed by atoms with Crippen LogP contribution in [0.1, 0.15) is 25.3 Å². The molecular weight excluding hydrogens is 623 g/mol. The number of rotatable bonds is 8. The number of ether oxygens (including phenoxy) is 2. The first-order valence-corrected chi connectivity index (χ1v) is 14.9. The molecule has 1 aliphatic heterocycles. The number of anilines is 3. The van der Waals surface area contributed by atoms with Crippen molar-refractivity contribution in [2.75, 3.05) is 42.1 Å². The van der Waals surface area contributed by atoms with E-state index in [2.05, 4.69) is 25.1 Å². The Kier molecular flexibility index (Phi) is 9.23. The summed E-state index contributed by atoms with van der Waals surface area (Å²) in [5.74, 6) is 0.372. The fourth-order valence-electron chi connectivity index (χ4n) is 4.66. The number of hydrogen-bond donors (Lipinski definition) is 1. The summed E-state index contributed by atoms with van der Waals surface area (Å²) in [6.45, 7) is 4.07. The van der Waals surface area contributed by atoms with E-state index in [-0.39, 0.29) is 28.5 Å². The Morgan fingerprint density at radius 2 is 1.83 bits per heavy atom.